The van der Waals surface area contributed by atoms with Gasteiger partial charge in [-0.1, -0.05) is 237 Å². The van der Waals surface area contributed by atoms with Gasteiger partial charge in [-0.25, -0.2) is 0 Å². The van der Waals surface area contributed by atoms with E-state index in [1.54, 1.807) is 0 Å². The predicted octanol–water partition coefficient (Wildman–Crippen LogP) is 17.6. The first kappa shape index (κ1) is 62.3. The van der Waals surface area contributed by atoms with Crippen molar-refractivity contribution in [3.8, 4) is 0 Å². The molecule has 0 N–H and O–H groups in total. The molecule has 0 radical (unpaired) electrons. The van der Waals surface area contributed by atoms with Crippen LogP contribution < -0.4 is 0 Å². The van der Waals surface area contributed by atoms with Gasteiger partial charge in [0.1, 0.15) is 13.2 Å². The van der Waals surface area contributed by atoms with Crippen molar-refractivity contribution in [3.63, 3.8) is 0 Å². The normalized spacial score (nSPS) is 13.3. The molecule has 0 bridgehead atoms. The summed E-state index contributed by atoms with van der Waals surface area (Å²) < 4.78 is 16.8. The van der Waals surface area contributed by atoms with Crippen LogP contribution in [0.5, 0.6) is 0 Å². The number of carbonyl (C=O) groups is 3. The quantitative estimate of drug-likeness (QED) is 0.0199. The Labute approximate surface area is 410 Å². The fourth-order valence-corrected chi connectivity index (χ4v) is 6.64. The lowest BCUT2D eigenvalue weighted by atomic mass is 10.1. The van der Waals surface area contributed by atoms with E-state index < -0.39 is 6.10 Å². The van der Waals surface area contributed by atoms with Crippen LogP contribution in [0.25, 0.3) is 0 Å². The number of ether oxygens (including phenoxy) is 3. The molecular formula is C61H94O6. The summed E-state index contributed by atoms with van der Waals surface area (Å²) in [5.74, 6) is -1.00. The molecule has 0 saturated heterocycles. The highest BCUT2D eigenvalue weighted by atomic mass is 16.6. The molecule has 0 aromatic heterocycles. The second-order valence-electron chi connectivity index (χ2n) is 16.9. The van der Waals surface area contributed by atoms with E-state index in [1.165, 1.54) is 44.9 Å². The lowest BCUT2D eigenvalue weighted by molar-refractivity contribution is -0.167. The van der Waals surface area contributed by atoms with E-state index in [2.05, 4.69) is 106 Å². The minimum absolute atomic E-state index is 0.115. The van der Waals surface area contributed by atoms with Crippen molar-refractivity contribution in [3.05, 3.63) is 146 Å². The number of hydrogen-bond acceptors (Lipinski definition) is 6. The zero-order valence-electron chi connectivity index (χ0n) is 42.6. The summed E-state index contributed by atoms with van der Waals surface area (Å²) in [7, 11) is 0. The number of unbranched alkanes of at least 4 members (excludes halogenated alkanes) is 18. The maximum absolute atomic E-state index is 12.8. The first-order valence-electron chi connectivity index (χ1n) is 26.5. The molecule has 0 aliphatic heterocycles. The number of rotatable bonds is 45. The van der Waals surface area contributed by atoms with Crippen molar-refractivity contribution >= 4 is 17.9 Å². The van der Waals surface area contributed by atoms with Crippen LogP contribution in [0.4, 0.5) is 0 Å². The highest BCUT2D eigenvalue weighted by Crippen LogP contribution is 2.13. The van der Waals surface area contributed by atoms with Crippen LogP contribution in [0, 0.1) is 0 Å². The number of esters is 3. The zero-order chi connectivity index (χ0) is 48.6. The van der Waals surface area contributed by atoms with Gasteiger partial charge in [-0.3, -0.25) is 14.4 Å². The van der Waals surface area contributed by atoms with E-state index in [0.29, 0.717) is 19.3 Å². The topological polar surface area (TPSA) is 78.9 Å². The fourth-order valence-electron chi connectivity index (χ4n) is 6.64. The highest BCUT2D eigenvalue weighted by molar-refractivity contribution is 5.71. The van der Waals surface area contributed by atoms with Gasteiger partial charge in [-0.15, -0.1) is 0 Å². The Morgan fingerprint density at radius 2 is 0.657 bits per heavy atom. The highest BCUT2D eigenvalue weighted by Gasteiger charge is 2.19. The van der Waals surface area contributed by atoms with Crippen LogP contribution in [0.15, 0.2) is 146 Å². The summed E-state index contributed by atoms with van der Waals surface area (Å²) in [5.41, 5.74) is 0. The van der Waals surface area contributed by atoms with E-state index in [4.69, 9.17) is 14.2 Å². The molecule has 0 aliphatic carbocycles. The minimum atomic E-state index is -0.821. The summed E-state index contributed by atoms with van der Waals surface area (Å²) >= 11 is 0. The number of allylic oxidation sites excluding steroid dienone is 24. The minimum Gasteiger partial charge on any atom is -0.462 e. The van der Waals surface area contributed by atoms with Crippen molar-refractivity contribution in [1.82, 2.24) is 0 Å². The molecule has 0 rings (SSSR count). The lowest BCUT2D eigenvalue weighted by Gasteiger charge is -2.18. The standard InChI is InChI=1S/C61H94O6/c1-4-7-10-13-16-19-22-25-28-30-32-33-36-39-42-45-48-51-54-60(63)66-57-58(56-65-59(62)53-50-47-44-41-38-35-27-24-21-18-15-12-9-6-3)67-61(64)55-52-49-46-43-40-37-34-31-29-26-23-20-17-14-11-8-5-2/h8-9,11-12,14,16-23,25-26,28-34,37,40,58H,4-7,10,13,15,24,27,35-36,38-39,41-57H2,1-3H3/b11-8-,12-9-,17-14-,19-16-,21-18-,23-20-,25-22-,29-26-,30-28-,33-32-,34-31+,40-37-. The molecule has 67 heavy (non-hydrogen) atoms. The van der Waals surface area contributed by atoms with Gasteiger partial charge in [0.2, 0.25) is 0 Å². The molecule has 1 atom stereocenters. The van der Waals surface area contributed by atoms with Crippen LogP contribution in [0.3, 0.4) is 0 Å². The van der Waals surface area contributed by atoms with E-state index in [0.717, 1.165) is 109 Å². The fraction of sp³-hybridized carbons (Fsp3) is 0.557. The maximum atomic E-state index is 12.8. The van der Waals surface area contributed by atoms with Crippen LogP contribution in [0.1, 0.15) is 201 Å². The summed E-state index contributed by atoms with van der Waals surface area (Å²) in [5, 5.41) is 0. The van der Waals surface area contributed by atoms with Crippen molar-refractivity contribution in [2.75, 3.05) is 13.2 Å². The molecule has 0 spiro atoms. The smallest absolute Gasteiger partial charge is 0.306 e. The lowest BCUT2D eigenvalue weighted by Crippen LogP contribution is -2.30. The summed E-state index contributed by atoms with van der Waals surface area (Å²) in [4.78, 5) is 38.1. The SMILES string of the molecule is CC\C=C/C=C\C=C/C=C\C=C\C=C/CCCCCC(=O)OC(COC(=O)CCCCCCC\C=C/C=C\C=C/C=C\CCCCC)COC(=O)CCCCCCCCC/C=C\C/C=C\CC. The Morgan fingerprint density at radius 1 is 0.328 bits per heavy atom. The molecule has 0 aliphatic rings. The second kappa shape index (κ2) is 53.9. The molecule has 0 amide bonds. The van der Waals surface area contributed by atoms with Gasteiger partial charge in [-0.2, -0.15) is 0 Å². The second-order valence-corrected chi connectivity index (χ2v) is 16.9. The summed E-state index contributed by atoms with van der Waals surface area (Å²) in [6.07, 6.45) is 76.8. The van der Waals surface area contributed by atoms with Gasteiger partial charge in [0, 0.05) is 19.3 Å². The van der Waals surface area contributed by atoms with E-state index in [-0.39, 0.29) is 37.5 Å². The van der Waals surface area contributed by atoms with Crippen molar-refractivity contribution < 1.29 is 28.6 Å². The Balaban J connectivity index is 4.58. The summed E-state index contributed by atoms with van der Waals surface area (Å²) in [6, 6.07) is 0. The third-order valence-corrected chi connectivity index (χ3v) is 10.6. The van der Waals surface area contributed by atoms with Crippen molar-refractivity contribution in [2.45, 2.75) is 207 Å². The molecule has 0 aromatic rings. The first-order valence-corrected chi connectivity index (χ1v) is 26.5. The van der Waals surface area contributed by atoms with Gasteiger partial charge >= 0.3 is 17.9 Å². The predicted molar refractivity (Wildman–Crippen MR) is 288 cm³/mol. The number of hydrogen-bond donors (Lipinski definition) is 0. The van der Waals surface area contributed by atoms with Crippen LogP contribution >= 0.6 is 0 Å². The Bertz CT molecular complexity index is 1530. The molecule has 374 valence electrons. The zero-order valence-corrected chi connectivity index (χ0v) is 42.6. The molecule has 0 saturated carbocycles. The largest absolute Gasteiger partial charge is 0.462 e. The van der Waals surface area contributed by atoms with Gasteiger partial charge in [-0.05, 0) is 89.9 Å². The van der Waals surface area contributed by atoms with E-state index >= 15 is 0 Å². The average Bonchev–Trinajstić information content (AvgIpc) is 3.33. The Hall–Kier alpha value is -4.71. The molecular weight excluding hydrogens is 829 g/mol. The van der Waals surface area contributed by atoms with Crippen LogP contribution in [0.2, 0.25) is 0 Å². The van der Waals surface area contributed by atoms with Gasteiger partial charge in [0.05, 0.1) is 0 Å². The van der Waals surface area contributed by atoms with Gasteiger partial charge in [0.15, 0.2) is 6.10 Å². The maximum Gasteiger partial charge on any atom is 0.306 e. The summed E-state index contributed by atoms with van der Waals surface area (Å²) in [6.45, 7) is 6.26. The first-order chi connectivity index (χ1) is 33.0. The third kappa shape index (κ3) is 52.1. The molecule has 6 heteroatoms. The van der Waals surface area contributed by atoms with Gasteiger partial charge in [0.25, 0.3) is 0 Å². The third-order valence-electron chi connectivity index (χ3n) is 10.6. The van der Waals surface area contributed by atoms with E-state index in [9.17, 15) is 14.4 Å². The molecule has 0 heterocycles. The van der Waals surface area contributed by atoms with Crippen LogP contribution in [-0.2, 0) is 28.6 Å². The Kier molecular flexibility index (Phi) is 50.1. The molecule has 0 aromatic carbocycles. The molecule has 6 nitrogen and oxygen atoms in total. The number of carbonyl (C=O) groups excluding carboxylic acids is 3. The monoisotopic (exact) mass is 923 g/mol. The van der Waals surface area contributed by atoms with E-state index in [1.807, 2.05) is 60.8 Å². The van der Waals surface area contributed by atoms with Crippen LogP contribution in [-0.4, -0.2) is 37.2 Å². The average molecular weight is 923 g/mol. The van der Waals surface area contributed by atoms with Crippen molar-refractivity contribution in [1.29, 1.82) is 0 Å². The van der Waals surface area contributed by atoms with Gasteiger partial charge < -0.3 is 14.2 Å². The van der Waals surface area contributed by atoms with Crippen molar-refractivity contribution in [2.24, 2.45) is 0 Å². The molecule has 1 unspecified atom stereocenters. The Morgan fingerprint density at radius 3 is 1.09 bits per heavy atom. The molecule has 0 fully saturated rings.